The Morgan fingerprint density at radius 1 is 1.13 bits per heavy atom. The summed E-state index contributed by atoms with van der Waals surface area (Å²) < 4.78 is 27.5. The van der Waals surface area contributed by atoms with Crippen LogP contribution < -0.4 is 16.5 Å². The van der Waals surface area contributed by atoms with Crippen LogP contribution in [0.3, 0.4) is 0 Å². The van der Waals surface area contributed by atoms with Gasteiger partial charge in [0.15, 0.2) is 17.5 Å². The van der Waals surface area contributed by atoms with Crippen LogP contribution in [0.1, 0.15) is 10.4 Å². The molecule has 0 aliphatic carbocycles. The minimum atomic E-state index is -0.811. The van der Waals surface area contributed by atoms with Gasteiger partial charge >= 0.3 is 0 Å². The lowest BCUT2D eigenvalue weighted by Crippen LogP contribution is -2.44. The number of nitrogens with zero attached hydrogens (tertiary/aromatic N) is 2. The zero-order valence-corrected chi connectivity index (χ0v) is 13.0. The van der Waals surface area contributed by atoms with Crippen LogP contribution in [0, 0.1) is 11.6 Å². The average Bonchev–Trinajstić information content (AvgIpc) is 3.22. The lowest BCUT2D eigenvalue weighted by atomic mass is 10.1. The minimum absolute atomic E-state index is 0.315. The van der Waals surface area contributed by atoms with Crippen molar-refractivity contribution in [3.8, 4) is 0 Å². The molecule has 0 radical (unpaired) electrons. The minimum Gasteiger partial charge on any atom is -0.361 e. The molecule has 0 spiro atoms. The molecule has 1 fully saturated rings. The van der Waals surface area contributed by atoms with E-state index in [2.05, 4.69) is 21.4 Å². The van der Waals surface area contributed by atoms with Crippen molar-refractivity contribution in [3.63, 3.8) is 0 Å². The molecule has 0 atom stereocenters. The van der Waals surface area contributed by atoms with Gasteiger partial charge in [-0.2, -0.15) is 5.53 Å². The Bertz CT molecular complexity index is 746. The molecule has 4 rings (SSSR count). The molecule has 1 aromatic carbocycles. The third-order valence-electron chi connectivity index (χ3n) is 3.92. The van der Waals surface area contributed by atoms with Crippen molar-refractivity contribution in [2.75, 3.05) is 13.1 Å². The number of halogens is 2. The summed E-state index contributed by atoms with van der Waals surface area (Å²) in [6, 6.07) is 8.30. The van der Waals surface area contributed by atoms with E-state index in [9.17, 15) is 8.78 Å². The molecule has 23 heavy (non-hydrogen) atoms. The summed E-state index contributed by atoms with van der Waals surface area (Å²) in [6.07, 6.45) is 0. The lowest BCUT2D eigenvalue weighted by molar-refractivity contribution is 0.210. The summed E-state index contributed by atoms with van der Waals surface area (Å²) in [5, 5.41) is 3.96. The number of hydrogen-bond donors (Lipinski definition) is 3. The molecular weight excluding hydrogens is 320 g/mol. The number of hydrazine groups is 3. The van der Waals surface area contributed by atoms with Crippen molar-refractivity contribution in [1.82, 2.24) is 26.4 Å². The highest BCUT2D eigenvalue weighted by molar-refractivity contribution is 7.11. The van der Waals surface area contributed by atoms with Crippen LogP contribution in [0.25, 0.3) is 5.70 Å². The van der Waals surface area contributed by atoms with Crippen molar-refractivity contribution >= 4 is 17.0 Å². The van der Waals surface area contributed by atoms with E-state index in [1.54, 1.807) is 23.5 Å². The van der Waals surface area contributed by atoms with Crippen LogP contribution in [-0.2, 0) is 6.54 Å². The zero-order chi connectivity index (χ0) is 15.8. The van der Waals surface area contributed by atoms with Gasteiger partial charge in [0.25, 0.3) is 0 Å². The summed E-state index contributed by atoms with van der Waals surface area (Å²) in [5.41, 5.74) is 10.3. The number of thiophene rings is 1. The standard InChI is InChI=1S/C15H15F2N5S/c16-11-4-1-3-10(13(11)17)9-21-6-7-22-15(18-19-20-22)14(21)12-5-2-8-23-12/h1-5,8,18-20H,6-7,9H2. The monoisotopic (exact) mass is 335 g/mol. The molecule has 0 amide bonds. The lowest BCUT2D eigenvalue weighted by Gasteiger charge is -2.35. The van der Waals surface area contributed by atoms with Crippen molar-refractivity contribution in [2.45, 2.75) is 6.54 Å². The van der Waals surface area contributed by atoms with Gasteiger partial charge in [0.1, 0.15) is 0 Å². The molecule has 2 aromatic rings. The summed E-state index contributed by atoms with van der Waals surface area (Å²) >= 11 is 1.61. The van der Waals surface area contributed by atoms with Crippen LogP contribution in [0.2, 0.25) is 0 Å². The second-order valence-corrected chi connectivity index (χ2v) is 6.27. The van der Waals surface area contributed by atoms with E-state index >= 15 is 0 Å². The number of rotatable bonds is 3. The van der Waals surface area contributed by atoms with Crippen LogP contribution in [-0.4, -0.2) is 23.0 Å². The molecule has 2 aliphatic heterocycles. The molecule has 1 saturated heterocycles. The van der Waals surface area contributed by atoms with Crippen LogP contribution in [0.4, 0.5) is 8.78 Å². The van der Waals surface area contributed by atoms with Gasteiger partial charge in [-0.05, 0) is 17.5 Å². The van der Waals surface area contributed by atoms with Crippen LogP contribution in [0.5, 0.6) is 0 Å². The van der Waals surface area contributed by atoms with Crippen molar-refractivity contribution in [3.05, 3.63) is 63.6 Å². The highest BCUT2D eigenvalue weighted by atomic mass is 32.1. The Morgan fingerprint density at radius 3 is 2.87 bits per heavy atom. The topological polar surface area (TPSA) is 42.6 Å². The molecule has 8 heteroatoms. The molecule has 1 aromatic heterocycles. The van der Waals surface area contributed by atoms with E-state index in [0.29, 0.717) is 18.7 Å². The first-order valence-electron chi connectivity index (χ1n) is 7.24. The third-order valence-corrected chi connectivity index (χ3v) is 4.80. The molecule has 0 unspecified atom stereocenters. The number of fused-ring (bicyclic) bond motifs is 1. The van der Waals surface area contributed by atoms with Gasteiger partial charge in [-0.3, -0.25) is 10.4 Å². The second kappa shape index (κ2) is 5.80. The third kappa shape index (κ3) is 2.54. The summed E-state index contributed by atoms with van der Waals surface area (Å²) in [5.74, 6) is -0.703. The molecular formula is C15H15F2N5S. The fraction of sp³-hybridized carbons (Fsp3) is 0.200. The van der Waals surface area contributed by atoms with Gasteiger partial charge in [0.05, 0.1) is 17.1 Å². The van der Waals surface area contributed by atoms with Gasteiger partial charge < -0.3 is 4.90 Å². The second-order valence-electron chi connectivity index (χ2n) is 5.32. The summed E-state index contributed by atoms with van der Waals surface area (Å²) in [7, 11) is 0. The predicted molar refractivity (Wildman–Crippen MR) is 84.1 cm³/mol. The van der Waals surface area contributed by atoms with E-state index < -0.39 is 11.6 Å². The largest absolute Gasteiger partial charge is 0.361 e. The van der Waals surface area contributed by atoms with Crippen molar-refractivity contribution in [1.29, 1.82) is 0 Å². The summed E-state index contributed by atoms with van der Waals surface area (Å²) in [6.45, 7) is 1.74. The van der Waals surface area contributed by atoms with E-state index in [0.717, 1.165) is 29.0 Å². The van der Waals surface area contributed by atoms with Gasteiger partial charge in [0.2, 0.25) is 0 Å². The van der Waals surface area contributed by atoms with E-state index in [4.69, 9.17) is 0 Å². The molecule has 120 valence electrons. The Kier molecular flexibility index (Phi) is 3.64. The van der Waals surface area contributed by atoms with Crippen LogP contribution in [0.15, 0.2) is 41.5 Å². The van der Waals surface area contributed by atoms with Crippen molar-refractivity contribution in [2.24, 2.45) is 0 Å². The highest BCUT2D eigenvalue weighted by Crippen LogP contribution is 2.32. The number of benzene rings is 1. The Hall–Kier alpha value is -2.16. The first-order chi connectivity index (χ1) is 11.2. The first kappa shape index (κ1) is 14.4. The first-order valence-corrected chi connectivity index (χ1v) is 8.12. The van der Waals surface area contributed by atoms with Gasteiger partial charge in [-0.15, -0.1) is 16.9 Å². The maximum Gasteiger partial charge on any atom is 0.163 e. The average molecular weight is 335 g/mol. The number of hydrogen-bond acceptors (Lipinski definition) is 6. The van der Waals surface area contributed by atoms with E-state index in [-0.39, 0.29) is 0 Å². The SMILES string of the molecule is Fc1cccc(CN2CCN3NNNC3=C2c2cccs2)c1F. The molecule has 3 N–H and O–H groups in total. The molecule has 5 nitrogen and oxygen atoms in total. The Balaban J connectivity index is 1.72. The molecule has 3 heterocycles. The Morgan fingerprint density at radius 2 is 2.04 bits per heavy atom. The van der Waals surface area contributed by atoms with Gasteiger partial charge in [0, 0.05) is 18.7 Å². The molecule has 0 saturated carbocycles. The predicted octanol–water partition coefficient (Wildman–Crippen LogP) is 2.00. The normalized spacial score (nSPS) is 17.5. The Labute approximate surface area is 136 Å². The maximum atomic E-state index is 14.0. The van der Waals surface area contributed by atoms with Crippen LogP contribution >= 0.6 is 11.3 Å². The fourth-order valence-corrected chi connectivity index (χ4v) is 3.63. The summed E-state index contributed by atoms with van der Waals surface area (Å²) in [4.78, 5) is 3.14. The smallest absolute Gasteiger partial charge is 0.163 e. The fourth-order valence-electron chi connectivity index (χ4n) is 2.84. The molecule has 0 bridgehead atoms. The van der Waals surface area contributed by atoms with E-state index in [1.165, 1.54) is 0 Å². The highest BCUT2D eigenvalue weighted by Gasteiger charge is 2.31. The van der Waals surface area contributed by atoms with Gasteiger partial charge in [-0.1, -0.05) is 18.2 Å². The van der Waals surface area contributed by atoms with Crippen molar-refractivity contribution < 1.29 is 8.78 Å². The van der Waals surface area contributed by atoms with E-state index in [1.807, 2.05) is 22.5 Å². The van der Waals surface area contributed by atoms with Gasteiger partial charge in [-0.25, -0.2) is 8.78 Å². The molecule has 2 aliphatic rings. The maximum absolute atomic E-state index is 14.0. The zero-order valence-electron chi connectivity index (χ0n) is 12.1. The quantitative estimate of drug-likeness (QED) is 0.801. The number of nitrogens with one attached hydrogen (secondary N) is 3.